The molecule has 2 rings (SSSR count). The third-order valence-electron chi connectivity index (χ3n) is 5.06. The molecular weight excluding hydrogens is 268 g/mol. The molecule has 0 aromatic carbocycles. The molecule has 0 bridgehead atoms. The molecule has 1 aliphatic carbocycles. The first-order valence-corrected chi connectivity index (χ1v) is 8.38. The van der Waals surface area contributed by atoms with Gasteiger partial charge in [-0.3, -0.25) is 4.79 Å². The molecule has 2 aliphatic rings. The van der Waals surface area contributed by atoms with Gasteiger partial charge in [-0.2, -0.15) is 0 Å². The highest BCUT2D eigenvalue weighted by Crippen LogP contribution is 2.25. The number of carbonyl (C=O) groups excluding carboxylic acids is 1. The molecule has 3 atom stereocenters. The Balaban J connectivity index is 1.82. The second kappa shape index (κ2) is 7.66. The van der Waals surface area contributed by atoms with Crippen molar-refractivity contribution in [3.8, 4) is 0 Å². The van der Waals surface area contributed by atoms with E-state index < -0.39 is 5.97 Å². The molecule has 2 fully saturated rings. The molecule has 21 heavy (non-hydrogen) atoms. The van der Waals surface area contributed by atoms with Crippen LogP contribution in [0.15, 0.2) is 0 Å². The number of carbonyl (C=O) groups is 2. The van der Waals surface area contributed by atoms with Crippen molar-refractivity contribution in [2.45, 2.75) is 64.3 Å². The fourth-order valence-electron chi connectivity index (χ4n) is 3.59. The maximum Gasteiger partial charge on any atom is 0.317 e. The van der Waals surface area contributed by atoms with Gasteiger partial charge in [0.1, 0.15) is 0 Å². The van der Waals surface area contributed by atoms with Crippen molar-refractivity contribution in [3.05, 3.63) is 0 Å². The Morgan fingerprint density at radius 1 is 1.14 bits per heavy atom. The molecule has 5 heteroatoms. The summed E-state index contributed by atoms with van der Waals surface area (Å²) < 4.78 is 0. The van der Waals surface area contributed by atoms with Gasteiger partial charge in [-0.05, 0) is 44.4 Å². The first-order chi connectivity index (χ1) is 10.1. The Bertz CT molecular complexity index is 373. The number of rotatable bonds is 3. The number of urea groups is 1. The zero-order valence-electron chi connectivity index (χ0n) is 13.0. The maximum absolute atomic E-state index is 12.4. The van der Waals surface area contributed by atoms with Crippen LogP contribution in [0.1, 0.15) is 58.3 Å². The lowest BCUT2D eigenvalue weighted by atomic mass is 9.86. The van der Waals surface area contributed by atoms with Crippen molar-refractivity contribution >= 4 is 12.0 Å². The van der Waals surface area contributed by atoms with E-state index in [1.165, 1.54) is 12.8 Å². The van der Waals surface area contributed by atoms with Crippen LogP contribution in [0.5, 0.6) is 0 Å². The van der Waals surface area contributed by atoms with E-state index in [-0.39, 0.29) is 18.0 Å². The van der Waals surface area contributed by atoms with Crippen molar-refractivity contribution in [2.24, 2.45) is 11.8 Å². The van der Waals surface area contributed by atoms with Crippen LogP contribution in [-0.2, 0) is 4.79 Å². The summed E-state index contributed by atoms with van der Waals surface area (Å²) in [6.45, 7) is 3.88. The topological polar surface area (TPSA) is 69.6 Å². The first kappa shape index (κ1) is 16.1. The fourth-order valence-corrected chi connectivity index (χ4v) is 3.59. The molecule has 0 aromatic rings. The minimum atomic E-state index is -0.727. The Morgan fingerprint density at radius 3 is 2.67 bits per heavy atom. The summed E-state index contributed by atoms with van der Waals surface area (Å²) in [5.41, 5.74) is 0. The molecule has 0 spiro atoms. The van der Waals surface area contributed by atoms with Gasteiger partial charge in [-0.1, -0.05) is 19.8 Å². The highest BCUT2D eigenvalue weighted by Gasteiger charge is 2.29. The smallest absolute Gasteiger partial charge is 0.317 e. The lowest BCUT2D eigenvalue weighted by Crippen LogP contribution is -2.47. The summed E-state index contributed by atoms with van der Waals surface area (Å²) in [6.07, 6.45) is 7.68. The molecule has 1 heterocycles. The summed E-state index contributed by atoms with van der Waals surface area (Å²) >= 11 is 0. The average molecular weight is 296 g/mol. The molecule has 0 aromatic heterocycles. The molecule has 2 N–H and O–H groups in total. The maximum atomic E-state index is 12.4. The Labute approximate surface area is 127 Å². The van der Waals surface area contributed by atoms with Crippen LogP contribution < -0.4 is 5.32 Å². The van der Waals surface area contributed by atoms with Crippen LogP contribution in [0, 0.1) is 11.8 Å². The fraction of sp³-hybridized carbons (Fsp3) is 0.875. The number of nitrogens with zero attached hydrogens (tertiary/aromatic N) is 1. The van der Waals surface area contributed by atoms with E-state index in [1.807, 2.05) is 4.90 Å². The molecular formula is C16H28N2O3. The predicted octanol–water partition coefficient (Wildman–Crippen LogP) is 2.85. The summed E-state index contributed by atoms with van der Waals surface area (Å²) in [6, 6.07) is 0.0281. The van der Waals surface area contributed by atoms with Gasteiger partial charge >= 0.3 is 12.0 Å². The second-order valence-electron chi connectivity index (χ2n) is 6.54. The van der Waals surface area contributed by atoms with E-state index in [0.29, 0.717) is 6.42 Å². The van der Waals surface area contributed by atoms with Gasteiger partial charge in [0.05, 0.1) is 5.92 Å². The molecule has 120 valence electrons. The van der Waals surface area contributed by atoms with Gasteiger partial charge in [0.2, 0.25) is 0 Å². The van der Waals surface area contributed by atoms with E-state index in [4.69, 9.17) is 5.11 Å². The lowest BCUT2D eigenvalue weighted by molar-refractivity contribution is -0.143. The van der Waals surface area contributed by atoms with Gasteiger partial charge < -0.3 is 15.3 Å². The highest BCUT2D eigenvalue weighted by atomic mass is 16.4. The standard InChI is InChI=1S/C16H28N2O3/c1-2-12-5-4-9-18(10-8-12)16(21)17-14-7-3-6-13(11-14)15(19)20/h12-14H,2-11H2,1H3,(H,17,21)(H,19,20). The van der Waals surface area contributed by atoms with Crippen molar-refractivity contribution < 1.29 is 14.7 Å². The summed E-state index contributed by atoms with van der Waals surface area (Å²) in [5.74, 6) is -0.277. The number of carboxylic acids is 1. The molecule has 5 nitrogen and oxygen atoms in total. The summed E-state index contributed by atoms with van der Waals surface area (Å²) in [5, 5.41) is 12.2. The highest BCUT2D eigenvalue weighted by molar-refractivity contribution is 5.75. The van der Waals surface area contributed by atoms with Crippen molar-refractivity contribution in [3.63, 3.8) is 0 Å². The quantitative estimate of drug-likeness (QED) is 0.841. The zero-order chi connectivity index (χ0) is 15.2. The van der Waals surface area contributed by atoms with E-state index in [0.717, 1.165) is 51.1 Å². The number of aliphatic carboxylic acids is 1. The summed E-state index contributed by atoms with van der Waals surface area (Å²) in [7, 11) is 0. The van der Waals surface area contributed by atoms with Gasteiger partial charge in [0.15, 0.2) is 0 Å². The third kappa shape index (κ3) is 4.61. The van der Waals surface area contributed by atoms with Crippen LogP contribution in [0.4, 0.5) is 4.79 Å². The molecule has 1 aliphatic heterocycles. The predicted molar refractivity (Wildman–Crippen MR) is 81.1 cm³/mol. The number of nitrogens with one attached hydrogen (secondary N) is 1. The van der Waals surface area contributed by atoms with Gasteiger partial charge in [0, 0.05) is 19.1 Å². The van der Waals surface area contributed by atoms with E-state index in [2.05, 4.69) is 12.2 Å². The van der Waals surface area contributed by atoms with Crippen molar-refractivity contribution in [1.29, 1.82) is 0 Å². The first-order valence-electron chi connectivity index (χ1n) is 8.38. The largest absolute Gasteiger partial charge is 0.481 e. The zero-order valence-corrected chi connectivity index (χ0v) is 13.0. The van der Waals surface area contributed by atoms with Gasteiger partial charge in [-0.15, -0.1) is 0 Å². The van der Waals surface area contributed by atoms with Crippen LogP contribution in [0.25, 0.3) is 0 Å². The van der Waals surface area contributed by atoms with E-state index >= 15 is 0 Å². The molecule has 2 amide bonds. The minimum Gasteiger partial charge on any atom is -0.481 e. The normalized spacial score (nSPS) is 30.5. The van der Waals surface area contributed by atoms with Gasteiger partial charge in [0.25, 0.3) is 0 Å². The SMILES string of the molecule is CCC1CCCN(C(=O)NC2CCCC(C(=O)O)C2)CC1. The van der Waals surface area contributed by atoms with Crippen LogP contribution in [-0.4, -0.2) is 41.1 Å². The molecule has 1 saturated heterocycles. The number of likely N-dealkylation sites (tertiary alicyclic amines) is 1. The van der Waals surface area contributed by atoms with Crippen LogP contribution >= 0.6 is 0 Å². The molecule has 0 radical (unpaired) electrons. The van der Waals surface area contributed by atoms with E-state index in [9.17, 15) is 9.59 Å². The average Bonchev–Trinajstić information content (AvgIpc) is 2.73. The number of hydrogen-bond donors (Lipinski definition) is 2. The van der Waals surface area contributed by atoms with Gasteiger partial charge in [-0.25, -0.2) is 4.79 Å². The Morgan fingerprint density at radius 2 is 1.95 bits per heavy atom. The lowest BCUT2D eigenvalue weighted by Gasteiger charge is -2.30. The van der Waals surface area contributed by atoms with E-state index in [1.54, 1.807) is 0 Å². The minimum absolute atomic E-state index is 0.00259. The number of carboxylic acid groups (broad SMARTS) is 1. The van der Waals surface area contributed by atoms with Crippen molar-refractivity contribution in [2.75, 3.05) is 13.1 Å². The summed E-state index contributed by atoms with van der Waals surface area (Å²) in [4.78, 5) is 25.4. The van der Waals surface area contributed by atoms with Crippen LogP contribution in [0.3, 0.4) is 0 Å². The monoisotopic (exact) mass is 296 g/mol. The Kier molecular flexibility index (Phi) is 5.88. The van der Waals surface area contributed by atoms with Crippen LogP contribution in [0.2, 0.25) is 0 Å². The Hall–Kier alpha value is -1.26. The third-order valence-corrected chi connectivity index (χ3v) is 5.06. The molecule has 3 unspecified atom stereocenters. The number of amides is 2. The number of hydrogen-bond acceptors (Lipinski definition) is 2. The van der Waals surface area contributed by atoms with Crippen molar-refractivity contribution in [1.82, 2.24) is 10.2 Å². The second-order valence-corrected chi connectivity index (χ2v) is 6.54. The molecule has 1 saturated carbocycles.